The third kappa shape index (κ3) is 2.79. The molecule has 0 atom stereocenters. The molecule has 0 radical (unpaired) electrons. The minimum atomic E-state index is -0.386. The predicted molar refractivity (Wildman–Crippen MR) is 84.1 cm³/mol. The largest absolute Gasteiger partial charge is 0.507 e. The first-order chi connectivity index (χ1) is 10.6. The Hall–Kier alpha value is -2.82. The van der Waals surface area contributed by atoms with E-state index in [0.717, 1.165) is 12.1 Å². The highest BCUT2D eigenvalue weighted by Crippen LogP contribution is 2.25. The third-order valence-corrected chi connectivity index (χ3v) is 3.64. The van der Waals surface area contributed by atoms with Crippen LogP contribution in [-0.4, -0.2) is 23.5 Å². The molecule has 1 aliphatic rings. The molecule has 2 N–H and O–H groups in total. The van der Waals surface area contributed by atoms with Crippen molar-refractivity contribution in [2.45, 2.75) is 12.8 Å². The van der Waals surface area contributed by atoms with Crippen LogP contribution in [0.15, 0.2) is 48.5 Å². The molecule has 2 amide bonds. The Balaban J connectivity index is 1.80. The van der Waals surface area contributed by atoms with Crippen LogP contribution in [0.25, 0.3) is 0 Å². The van der Waals surface area contributed by atoms with Gasteiger partial charge in [0, 0.05) is 24.3 Å². The molecular formula is C17H16N2O3. The second-order valence-electron chi connectivity index (χ2n) is 5.17. The van der Waals surface area contributed by atoms with Crippen molar-refractivity contribution in [1.29, 1.82) is 0 Å². The van der Waals surface area contributed by atoms with Crippen LogP contribution in [0.3, 0.4) is 0 Å². The van der Waals surface area contributed by atoms with Gasteiger partial charge in [0.15, 0.2) is 0 Å². The number of rotatable bonds is 3. The molecular weight excluding hydrogens is 280 g/mol. The molecule has 1 aliphatic heterocycles. The number of hydrogen-bond acceptors (Lipinski definition) is 3. The van der Waals surface area contributed by atoms with Gasteiger partial charge in [-0.05, 0) is 36.8 Å². The van der Waals surface area contributed by atoms with Crippen molar-refractivity contribution in [3.8, 4) is 5.75 Å². The summed E-state index contributed by atoms with van der Waals surface area (Å²) in [6.07, 6.45) is 1.42. The van der Waals surface area contributed by atoms with Gasteiger partial charge in [-0.2, -0.15) is 0 Å². The molecule has 22 heavy (non-hydrogen) atoms. The number of aromatic hydroxyl groups is 1. The van der Waals surface area contributed by atoms with Crippen molar-refractivity contribution >= 4 is 23.2 Å². The number of para-hydroxylation sites is 1. The van der Waals surface area contributed by atoms with Gasteiger partial charge in [0.05, 0.1) is 5.56 Å². The van der Waals surface area contributed by atoms with Crippen LogP contribution in [0.5, 0.6) is 5.75 Å². The highest BCUT2D eigenvalue weighted by Gasteiger charge is 2.21. The second-order valence-corrected chi connectivity index (χ2v) is 5.17. The maximum absolute atomic E-state index is 12.2. The summed E-state index contributed by atoms with van der Waals surface area (Å²) >= 11 is 0. The topological polar surface area (TPSA) is 69.6 Å². The van der Waals surface area contributed by atoms with Gasteiger partial charge >= 0.3 is 0 Å². The zero-order valence-corrected chi connectivity index (χ0v) is 12.0. The lowest BCUT2D eigenvalue weighted by Gasteiger charge is -2.16. The number of carbonyl (C=O) groups excluding carboxylic acids is 2. The van der Waals surface area contributed by atoms with Crippen molar-refractivity contribution < 1.29 is 14.7 Å². The molecule has 5 heteroatoms. The average Bonchev–Trinajstić information content (AvgIpc) is 2.94. The fourth-order valence-electron chi connectivity index (χ4n) is 2.54. The Morgan fingerprint density at radius 1 is 1.14 bits per heavy atom. The summed E-state index contributed by atoms with van der Waals surface area (Å²) in [5, 5.41) is 12.4. The van der Waals surface area contributed by atoms with Crippen molar-refractivity contribution in [3.63, 3.8) is 0 Å². The smallest absolute Gasteiger partial charge is 0.259 e. The molecule has 0 bridgehead atoms. The van der Waals surface area contributed by atoms with E-state index in [1.54, 1.807) is 41.3 Å². The van der Waals surface area contributed by atoms with E-state index < -0.39 is 0 Å². The summed E-state index contributed by atoms with van der Waals surface area (Å²) < 4.78 is 0. The highest BCUT2D eigenvalue weighted by molar-refractivity contribution is 6.06. The van der Waals surface area contributed by atoms with E-state index in [2.05, 4.69) is 5.32 Å². The molecule has 2 aromatic carbocycles. The van der Waals surface area contributed by atoms with Gasteiger partial charge in [0.2, 0.25) is 5.91 Å². The van der Waals surface area contributed by atoms with Gasteiger partial charge in [-0.25, -0.2) is 0 Å². The molecule has 3 rings (SSSR count). The summed E-state index contributed by atoms with van der Waals surface area (Å²) in [4.78, 5) is 25.7. The van der Waals surface area contributed by atoms with Gasteiger partial charge in [-0.3, -0.25) is 9.59 Å². The van der Waals surface area contributed by atoms with Gasteiger partial charge in [0.1, 0.15) is 5.75 Å². The van der Waals surface area contributed by atoms with Gasteiger partial charge in [-0.15, -0.1) is 0 Å². The third-order valence-electron chi connectivity index (χ3n) is 3.64. The van der Waals surface area contributed by atoms with Gasteiger partial charge in [-0.1, -0.05) is 18.2 Å². The minimum absolute atomic E-state index is 0.0640. The molecule has 0 aromatic heterocycles. The fraction of sp³-hybridized carbons (Fsp3) is 0.176. The van der Waals surface area contributed by atoms with E-state index in [1.807, 2.05) is 6.07 Å². The molecule has 0 unspecified atom stereocenters. The number of phenolic OH excluding ortho intramolecular Hbond substituents is 1. The summed E-state index contributed by atoms with van der Waals surface area (Å²) in [6.45, 7) is 0.704. The summed E-state index contributed by atoms with van der Waals surface area (Å²) in [5.41, 5.74) is 1.58. The van der Waals surface area contributed by atoms with E-state index in [1.165, 1.54) is 6.07 Å². The Kier molecular flexibility index (Phi) is 3.78. The van der Waals surface area contributed by atoms with Gasteiger partial charge in [0.25, 0.3) is 5.91 Å². The van der Waals surface area contributed by atoms with E-state index in [4.69, 9.17) is 0 Å². The van der Waals surface area contributed by atoms with E-state index in [0.29, 0.717) is 18.7 Å². The first kappa shape index (κ1) is 14.1. The molecule has 1 heterocycles. The molecule has 1 saturated heterocycles. The second kappa shape index (κ2) is 5.89. The van der Waals surface area contributed by atoms with Crippen molar-refractivity contribution in [2.75, 3.05) is 16.8 Å². The van der Waals surface area contributed by atoms with Crippen LogP contribution in [-0.2, 0) is 4.79 Å². The number of anilines is 2. The molecule has 5 nitrogen and oxygen atoms in total. The van der Waals surface area contributed by atoms with Crippen molar-refractivity contribution in [3.05, 3.63) is 54.1 Å². The first-order valence-electron chi connectivity index (χ1n) is 7.15. The average molecular weight is 296 g/mol. The maximum atomic E-state index is 12.2. The van der Waals surface area contributed by atoms with E-state index in [9.17, 15) is 14.7 Å². The zero-order chi connectivity index (χ0) is 15.5. The zero-order valence-electron chi connectivity index (χ0n) is 12.0. The van der Waals surface area contributed by atoms with E-state index >= 15 is 0 Å². The highest BCUT2D eigenvalue weighted by atomic mass is 16.3. The van der Waals surface area contributed by atoms with Crippen molar-refractivity contribution in [2.24, 2.45) is 0 Å². The number of nitrogens with one attached hydrogen (secondary N) is 1. The molecule has 0 spiro atoms. The number of carbonyl (C=O) groups is 2. The Labute approximate surface area is 128 Å². The minimum Gasteiger partial charge on any atom is -0.507 e. The summed E-state index contributed by atoms with van der Waals surface area (Å²) in [5.74, 6) is -0.349. The standard InChI is InChI=1S/C17H16N2O3/c20-15-8-2-1-7-14(15)17(22)18-12-5-3-6-13(11-12)19-10-4-9-16(19)21/h1-3,5-8,11,20H,4,9-10H2,(H,18,22). The van der Waals surface area contributed by atoms with Crippen LogP contribution in [0.4, 0.5) is 11.4 Å². The Morgan fingerprint density at radius 2 is 1.95 bits per heavy atom. The molecule has 0 saturated carbocycles. The molecule has 112 valence electrons. The van der Waals surface area contributed by atoms with Crippen LogP contribution < -0.4 is 10.2 Å². The molecule has 2 aromatic rings. The normalized spacial score (nSPS) is 14.2. The van der Waals surface area contributed by atoms with Crippen molar-refractivity contribution in [1.82, 2.24) is 0 Å². The van der Waals surface area contributed by atoms with Crippen LogP contribution in [0.2, 0.25) is 0 Å². The lowest BCUT2D eigenvalue weighted by Crippen LogP contribution is -2.23. The molecule has 0 aliphatic carbocycles. The number of benzene rings is 2. The fourth-order valence-corrected chi connectivity index (χ4v) is 2.54. The summed E-state index contributed by atoms with van der Waals surface area (Å²) in [6, 6.07) is 13.5. The van der Waals surface area contributed by atoms with Crippen LogP contribution >= 0.6 is 0 Å². The first-order valence-corrected chi connectivity index (χ1v) is 7.15. The lowest BCUT2D eigenvalue weighted by molar-refractivity contribution is -0.117. The van der Waals surface area contributed by atoms with Gasteiger partial charge < -0.3 is 15.3 Å². The van der Waals surface area contributed by atoms with E-state index in [-0.39, 0.29) is 23.1 Å². The van der Waals surface area contributed by atoms with Crippen LogP contribution in [0, 0.1) is 0 Å². The quantitative estimate of drug-likeness (QED) is 0.915. The number of hydrogen-bond donors (Lipinski definition) is 2. The Morgan fingerprint density at radius 3 is 2.68 bits per heavy atom. The predicted octanol–water partition coefficient (Wildman–Crippen LogP) is 2.77. The summed E-state index contributed by atoms with van der Waals surface area (Å²) in [7, 11) is 0. The van der Waals surface area contributed by atoms with Crippen LogP contribution in [0.1, 0.15) is 23.2 Å². The SMILES string of the molecule is O=C(Nc1cccc(N2CCCC2=O)c1)c1ccccc1O. The number of nitrogens with zero attached hydrogens (tertiary/aromatic N) is 1. The maximum Gasteiger partial charge on any atom is 0.259 e. The monoisotopic (exact) mass is 296 g/mol. The Bertz CT molecular complexity index is 727. The number of amides is 2. The number of phenols is 1. The lowest BCUT2D eigenvalue weighted by atomic mass is 10.2. The molecule has 1 fully saturated rings.